The smallest absolute Gasteiger partial charge is 0.282 e. The van der Waals surface area contributed by atoms with E-state index in [0.29, 0.717) is 6.54 Å². The van der Waals surface area contributed by atoms with Crippen molar-refractivity contribution >= 4 is 27.4 Å². The van der Waals surface area contributed by atoms with Crippen LogP contribution in [0.1, 0.15) is 33.1 Å². The van der Waals surface area contributed by atoms with Gasteiger partial charge in [-0.2, -0.15) is 17.0 Å². The normalized spacial score (nSPS) is 23.2. The molecule has 0 radical (unpaired) electrons. The fourth-order valence-electron chi connectivity index (χ4n) is 1.90. The lowest BCUT2D eigenvalue weighted by atomic mass is 10.1. The Balaban J connectivity index is 2.99. The van der Waals surface area contributed by atoms with Gasteiger partial charge < -0.3 is 5.73 Å². The molecule has 0 amide bonds. The van der Waals surface area contributed by atoms with Gasteiger partial charge in [-0.25, -0.2) is 0 Å². The minimum Gasteiger partial charge on any atom is -0.392 e. The maximum atomic E-state index is 12.4. The Labute approximate surface area is 109 Å². The van der Waals surface area contributed by atoms with E-state index in [0.717, 1.165) is 19.3 Å². The largest absolute Gasteiger partial charge is 0.392 e. The third kappa shape index (κ3) is 3.15. The quantitative estimate of drug-likeness (QED) is 0.770. The van der Waals surface area contributed by atoms with Crippen molar-refractivity contribution in [3.63, 3.8) is 0 Å². The Bertz CT molecular complexity index is 381. The van der Waals surface area contributed by atoms with E-state index in [2.05, 4.69) is 0 Å². The zero-order valence-electron chi connectivity index (χ0n) is 10.6. The van der Waals surface area contributed by atoms with Crippen LogP contribution in [0.5, 0.6) is 0 Å². The lowest BCUT2D eigenvalue weighted by molar-refractivity contribution is 0.273. The molecule has 17 heavy (non-hydrogen) atoms. The Hall–Kier alpha value is -0.240. The van der Waals surface area contributed by atoms with E-state index >= 15 is 0 Å². The van der Waals surface area contributed by atoms with Gasteiger partial charge in [0.2, 0.25) is 0 Å². The van der Waals surface area contributed by atoms with Gasteiger partial charge in [0.05, 0.1) is 11.0 Å². The van der Waals surface area contributed by atoms with Crippen molar-refractivity contribution in [3.05, 3.63) is 0 Å². The van der Waals surface area contributed by atoms with Crippen LogP contribution in [-0.4, -0.2) is 47.7 Å². The summed E-state index contributed by atoms with van der Waals surface area (Å²) in [4.78, 5) is 0.269. The van der Waals surface area contributed by atoms with Gasteiger partial charge in [0.25, 0.3) is 10.2 Å². The lowest BCUT2D eigenvalue weighted by Gasteiger charge is -2.37. The molecule has 100 valence electrons. The second kappa shape index (κ2) is 5.60. The zero-order chi connectivity index (χ0) is 13.2. The molecular formula is C10H21N3O2S2. The maximum absolute atomic E-state index is 12.4. The second-order valence-electron chi connectivity index (χ2n) is 4.64. The Morgan fingerprint density at radius 2 is 2.06 bits per heavy atom. The molecule has 0 aromatic rings. The topological polar surface area (TPSA) is 66.6 Å². The first-order chi connectivity index (χ1) is 7.78. The van der Waals surface area contributed by atoms with Gasteiger partial charge in [-0.1, -0.05) is 18.6 Å². The number of hydrogen-bond donors (Lipinski definition) is 1. The number of hydrogen-bond acceptors (Lipinski definition) is 3. The first-order valence-corrected chi connectivity index (χ1v) is 7.63. The van der Waals surface area contributed by atoms with E-state index < -0.39 is 10.2 Å². The SMILES string of the molecule is CC(C)N(C)S(=O)(=O)N1CCCCC1C(N)=S. The summed E-state index contributed by atoms with van der Waals surface area (Å²) in [7, 11) is -1.87. The van der Waals surface area contributed by atoms with Crippen molar-refractivity contribution in [3.8, 4) is 0 Å². The van der Waals surface area contributed by atoms with Crippen molar-refractivity contribution in [1.29, 1.82) is 0 Å². The summed E-state index contributed by atoms with van der Waals surface area (Å²) in [5, 5.41) is 0. The average molecular weight is 279 g/mol. The van der Waals surface area contributed by atoms with Crippen LogP contribution < -0.4 is 5.73 Å². The van der Waals surface area contributed by atoms with E-state index in [4.69, 9.17) is 18.0 Å². The van der Waals surface area contributed by atoms with Crippen molar-refractivity contribution in [2.24, 2.45) is 5.73 Å². The summed E-state index contributed by atoms with van der Waals surface area (Å²) in [5.41, 5.74) is 5.64. The number of nitrogens with zero attached hydrogens (tertiary/aromatic N) is 2. The summed E-state index contributed by atoms with van der Waals surface area (Å²) in [5.74, 6) is 0. The summed E-state index contributed by atoms with van der Waals surface area (Å²) >= 11 is 4.97. The van der Waals surface area contributed by atoms with Gasteiger partial charge in [0.15, 0.2) is 0 Å². The summed E-state index contributed by atoms with van der Waals surface area (Å²) < 4.78 is 27.6. The molecule has 1 saturated heterocycles. The van der Waals surface area contributed by atoms with Crippen molar-refractivity contribution in [2.75, 3.05) is 13.6 Å². The molecule has 0 aromatic heterocycles. The Morgan fingerprint density at radius 1 is 1.47 bits per heavy atom. The highest BCUT2D eigenvalue weighted by Crippen LogP contribution is 2.23. The molecule has 1 aliphatic heterocycles. The summed E-state index contributed by atoms with van der Waals surface area (Å²) in [6, 6.07) is -0.404. The zero-order valence-corrected chi connectivity index (χ0v) is 12.2. The highest BCUT2D eigenvalue weighted by atomic mass is 32.2. The lowest BCUT2D eigenvalue weighted by Crippen LogP contribution is -2.54. The molecule has 0 bridgehead atoms. The third-order valence-electron chi connectivity index (χ3n) is 3.17. The molecule has 1 heterocycles. The van der Waals surface area contributed by atoms with Gasteiger partial charge in [-0.15, -0.1) is 0 Å². The molecule has 1 atom stereocenters. The van der Waals surface area contributed by atoms with Crippen LogP contribution in [-0.2, 0) is 10.2 Å². The number of thiocarbonyl (C=S) groups is 1. The first kappa shape index (κ1) is 14.8. The summed E-state index contributed by atoms with van der Waals surface area (Å²) in [6.07, 6.45) is 2.56. The predicted octanol–water partition coefficient (Wildman–Crippen LogP) is 0.712. The molecular weight excluding hydrogens is 258 g/mol. The van der Waals surface area contributed by atoms with Crippen LogP contribution in [0.3, 0.4) is 0 Å². The molecule has 0 aromatic carbocycles. The van der Waals surface area contributed by atoms with Gasteiger partial charge >= 0.3 is 0 Å². The molecule has 2 N–H and O–H groups in total. The highest BCUT2D eigenvalue weighted by molar-refractivity contribution is 7.87. The van der Waals surface area contributed by atoms with Crippen LogP contribution in [0.4, 0.5) is 0 Å². The van der Waals surface area contributed by atoms with Crippen LogP contribution in [0.2, 0.25) is 0 Å². The Morgan fingerprint density at radius 3 is 2.53 bits per heavy atom. The molecule has 0 spiro atoms. The molecule has 7 heteroatoms. The van der Waals surface area contributed by atoms with E-state index in [9.17, 15) is 8.42 Å². The van der Waals surface area contributed by atoms with E-state index in [1.54, 1.807) is 7.05 Å². The highest BCUT2D eigenvalue weighted by Gasteiger charge is 2.37. The monoisotopic (exact) mass is 279 g/mol. The summed E-state index contributed by atoms with van der Waals surface area (Å²) in [6.45, 7) is 4.19. The number of piperidine rings is 1. The Kier molecular flexibility index (Phi) is 4.88. The van der Waals surface area contributed by atoms with Crippen LogP contribution in [0, 0.1) is 0 Å². The molecule has 1 aliphatic rings. The molecule has 1 rings (SSSR count). The van der Waals surface area contributed by atoms with Crippen molar-refractivity contribution in [2.45, 2.75) is 45.2 Å². The van der Waals surface area contributed by atoms with E-state index in [1.807, 2.05) is 13.8 Å². The average Bonchev–Trinajstić information content (AvgIpc) is 2.27. The fourth-order valence-corrected chi connectivity index (χ4v) is 3.97. The maximum Gasteiger partial charge on any atom is 0.282 e. The molecule has 1 fully saturated rings. The first-order valence-electron chi connectivity index (χ1n) is 5.82. The van der Waals surface area contributed by atoms with Crippen LogP contribution in [0.25, 0.3) is 0 Å². The predicted molar refractivity (Wildman–Crippen MR) is 72.9 cm³/mol. The van der Waals surface area contributed by atoms with E-state index in [1.165, 1.54) is 8.61 Å². The third-order valence-corrected chi connectivity index (χ3v) is 5.62. The molecule has 0 aliphatic carbocycles. The van der Waals surface area contributed by atoms with Gasteiger partial charge in [-0.05, 0) is 26.7 Å². The van der Waals surface area contributed by atoms with Gasteiger partial charge in [0, 0.05) is 19.6 Å². The van der Waals surface area contributed by atoms with Crippen molar-refractivity contribution in [1.82, 2.24) is 8.61 Å². The number of nitrogens with two attached hydrogens (primary N) is 1. The second-order valence-corrected chi connectivity index (χ2v) is 7.05. The van der Waals surface area contributed by atoms with Gasteiger partial charge in [0.1, 0.15) is 0 Å². The van der Waals surface area contributed by atoms with Gasteiger partial charge in [-0.3, -0.25) is 0 Å². The standard InChI is InChI=1S/C10H21N3O2S2/c1-8(2)12(3)17(14,15)13-7-5-4-6-9(13)10(11)16/h8-9H,4-7H2,1-3H3,(H2,11,16). The number of rotatable bonds is 4. The molecule has 1 unspecified atom stereocenters. The van der Waals surface area contributed by atoms with E-state index in [-0.39, 0.29) is 17.1 Å². The van der Waals surface area contributed by atoms with Crippen LogP contribution >= 0.6 is 12.2 Å². The van der Waals surface area contributed by atoms with Crippen LogP contribution in [0.15, 0.2) is 0 Å². The minimum atomic E-state index is -3.46. The molecule has 5 nitrogen and oxygen atoms in total. The minimum absolute atomic E-state index is 0.0751. The fraction of sp³-hybridized carbons (Fsp3) is 0.900. The van der Waals surface area contributed by atoms with Crippen molar-refractivity contribution < 1.29 is 8.42 Å². The molecule has 0 saturated carbocycles.